The minimum Gasteiger partial charge on any atom is -0.340 e. The molecule has 0 N–H and O–H groups in total. The fourth-order valence-electron chi connectivity index (χ4n) is 3.23. The zero-order chi connectivity index (χ0) is 18.5. The molecule has 0 radical (unpaired) electrons. The fraction of sp³-hybridized carbons (Fsp3) is 0.350. The molecular formula is C20H22N4O2S. The topological polar surface area (TPSA) is 62.5 Å². The third-order valence-corrected chi connectivity index (χ3v) is 5.50. The van der Waals surface area contributed by atoms with E-state index in [1.807, 2.05) is 35.2 Å². The van der Waals surface area contributed by atoms with Crippen LogP contribution >= 0.6 is 11.3 Å². The summed E-state index contributed by atoms with van der Waals surface area (Å²) >= 11 is 1.73. The van der Waals surface area contributed by atoms with Crippen molar-refractivity contribution in [1.82, 2.24) is 19.9 Å². The second-order valence-electron chi connectivity index (χ2n) is 6.67. The van der Waals surface area contributed by atoms with Gasteiger partial charge in [-0.05, 0) is 22.4 Å². The highest BCUT2D eigenvalue weighted by Crippen LogP contribution is 2.16. The molecule has 0 bridgehead atoms. The monoisotopic (exact) mass is 382 g/mol. The van der Waals surface area contributed by atoms with Crippen molar-refractivity contribution in [3.63, 3.8) is 0 Å². The Labute approximate surface area is 162 Å². The summed E-state index contributed by atoms with van der Waals surface area (Å²) in [5.41, 5.74) is 2.27. The van der Waals surface area contributed by atoms with E-state index in [2.05, 4.69) is 31.9 Å². The Morgan fingerprint density at radius 1 is 1.11 bits per heavy atom. The van der Waals surface area contributed by atoms with Crippen LogP contribution < -0.4 is 0 Å². The van der Waals surface area contributed by atoms with Crippen LogP contribution in [0.3, 0.4) is 0 Å². The summed E-state index contributed by atoms with van der Waals surface area (Å²) in [7, 11) is 0. The summed E-state index contributed by atoms with van der Waals surface area (Å²) < 4.78 is 5.29. The van der Waals surface area contributed by atoms with E-state index in [1.54, 1.807) is 11.3 Å². The highest BCUT2D eigenvalue weighted by atomic mass is 32.1. The van der Waals surface area contributed by atoms with Crippen LogP contribution in [0.4, 0.5) is 0 Å². The van der Waals surface area contributed by atoms with Crippen molar-refractivity contribution >= 4 is 17.2 Å². The van der Waals surface area contributed by atoms with Crippen LogP contribution in [0.1, 0.15) is 17.9 Å². The van der Waals surface area contributed by atoms with Gasteiger partial charge in [0.15, 0.2) is 0 Å². The molecule has 27 heavy (non-hydrogen) atoms. The Bertz CT molecular complexity index is 855. The van der Waals surface area contributed by atoms with Crippen molar-refractivity contribution in [1.29, 1.82) is 0 Å². The van der Waals surface area contributed by atoms with Crippen LogP contribution in [0.15, 0.2) is 51.7 Å². The van der Waals surface area contributed by atoms with Gasteiger partial charge in [-0.2, -0.15) is 16.3 Å². The van der Waals surface area contributed by atoms with Crippen molar-refractivity contribution in [3.05, 3.63) is 58.6 Å². The molecular weight excluding hydrogens is 360 g/mol. The Morgan fingerprint density at radius 3 is 2.67 bits per heavy atom. The van der Waals surface area contributed by atoms with Gasteiger partial charge in [-0.15, -0.1) is 0 Å². The second kappa shape index (κ2) is 8.45. The summed E-state index contributed by atoms with van der Waals surface area (Å²) in [5, 5.41) is 8.30. The molecule has 2 aromatic heterocycles. The first kappa shape index (κ1) is 17.9. The summed E-state index contributed by atoms with van der Waals surface area (Å²) in [5.74, 6) is 1.24. The molecule has 0 spiro atoms. The second-order valence-corrected chi connectivity index (χ2v) is 7.45. The zero-order valence-corrected chi connectivity index (χ0v) is 15.9. The maximum atomic E-state index is 12.5. The normalized spacial score (nSPS) is 15.2. The molecule has 1 amide bonds. The molecule has 1 aliphatic rings. The van der Waals surface area contributed by atoms with E-state index in [9.17, 15) is 4.79 Å². The quantitative estimate of drug-likeness (QED) is 0.656. The van der Waals surface area contributed by atoms with Crippen LogP contribution in [0.5, 0.6) is 0 Å². The molecule has 1 fully saturated rings. The third kappa shape index (κ3) is 4.61. The molecule has 1 aliphatic heterocycles. The maximum absolute atomic E-state index is 12.5. The third-order valence-electron chi connectivity index (χ3n) is 4.76. The molecule has 3 aromatic rings. The molecule has 4 rings (SSSR count). The van der Waals surface area contributed by atoms with Gasteiger partial charge < -0.3 is 9.42 Å². The Kier molecular flexibility index (Phi) is 5.60. The Morgan fingerprint density at radius 2 is 1.93 bits per heavy atom. The lowest BCUT2D eigenvalue weighted by atomic mass is 10.2. The number of hydrogen-bond donors (Lipinski definition) is 0. The first-order valence-electron chi connectivity index (χ1n) is 9.17. The number of carbonyl (C=O) groups is 1. The molecule has 7 heteroatoms. The van der Waals surface area contributed by atoms with Crippen LogP contribution in [-0.4, -0.2) is 52.0 Å². The lowest BCUT2D eigenvalue weighted by molar-refractivity contribution is -0.133. The van der Waals surface area contributed by atoms with E-state index in [0.717, 1.165) is 38.3 Å². The van der Waals surface area contributed by atoms with E-state index < -0.39 is 0 Å². The number of aromatic nitrogens is 2. The van der Waals surface area contributed by atoms with Gasteiger partial charge in [0, 0.05) is 51.1 Å². The largest absolute Gasteiger partial charge is 0.340 e. The molecule has 140 valence electrons. The summed E-state index contributed by atoms with van der Waals surface area (Å²) in [4.78, 5) is 21.2. The number of benzene rings is 1. The predicted octanol–water partition coefficient (Wildman–Crippen LogP) is 3.08. The molecule has 1 saturated heterocycles. The molecule has 0 saturated carbocycles. The van der Waals surface area contributed by atoms with Crippen molar-refractivity contribution < 1.29 is 9.32 Å². The Hall–Kier alpha value is -2.51. The minimum atomic E-state index is 0.157. The minimum absolute atomic E-state index is 0.157. The predicted molar refractivity (Wildman–Crippen MR) is 104 cm³/mol. The van der Waals surface area contributed by atoms with E-state index in [0.29, 0.717) is 24.6 Å². The number of nitrogens with zero attached hydrogens (tertiary/aromatic N) is 4. The van der Waals surface area contributed by atoms with E-state index >= 15 is 0 Å². The lowest BCUT2D eigenvalue weighted by Crippen LogP contribution is -2.48. The van der Waals surface area contributed by atoms with Gasteiger partial charge in [0.25, 0.3) is 0 Å². The smallest absolute Gasteiger partial charge is 0.227 e. The summed E-state index contributed by atoms with van der Waals surface area (Å²) in [6.45, 7) is 4.36. The molecule has 6 nitrogen and oxygen atoms in total. The van der Waals surface area contributed by atoms with Crippen molar-refractivity contribution in [2.45, 2.75) is 19.4 Å². The van der Waals surface area contributed by atoms with E-state index in [1.165, 1.54) is 5.56 Å². The maximum Gasteiger partial charge on any atom is 0.227 e. The van der Waals surface area contributed by atoms with Crippen molar-refractivity contribution in [2.75, 3.05) is 26.2 Å². The molecule has 1 aromatic carbocycles. The molecule has 0 unspecified atom stereocenters. The first-order chi connectivity index (χ1) is 13.3. The van der Waals surface area contributed by atoms with Gasteiger partial charge in [0.05, 0.1) is 0 Å². The molecule has 0 atom stereocenters. The Balaban J connectivity index is 1.24. The van der Waals surface area contributed by atoms with Gasteiger partial charge in [-0.1, -0.05) is 35.5 Å². The van der Waals surface area contributed by atoms with Gasteiger partial charge in [0.2, 0.25) is 17.6 Å². The SMILES string of the molecule is O=C(CCc1nc(-c2ccccc2)no1)N1CCN(Cc2ccsc2)CC1. The molecule has 0 aliphatic carbocycles. The zero-order valence-electron chi connectivity index (χ0n) is 15.1. The van der Waals surface area contributed by atoms with Crippen LogP contribution in [0, 0.1) is 0 Å². The fourth-order valence-corrected chi connectivity index (χ4v) is 3.89. The lowest BCUT2D eigenvalue weighted by Gasteiger charge is -2.34. The van der Waals surface area contributed by atoms with Crippen molar-refractivity contribution in [2.24, 2.45) is 0 Å². The van der Waals surface area contributed by atoms with E-state index in [-0.39, 0.29) is 5.91 Å². The van der Waals surface area contributed by atoms with E-state index in [4.69, 9.17) is 4.52 Å². The summed E-state index contributed by atoms with van der Waals surface area (Å²) in [6, 6.07) is 11.9. The number of rotatable bonds is 6. The number of carbonyl (C=O) groups excluding carboxylic acids is 1. The first-order valence-corrected chi connectivity index (χ1v) is 10.1. The van der Waals surface area contributed by atoms with Gasteiger partial charge >= 0.3 is 0 Å². The van der Waals surface area contributed by atoms with Gasteiger partial charge in [0.1, 0.15) is 0 Å². The van der Waals surface area contributed by atoms with Crippen LogP contribution in [0.25, 0.3) is 11.4 Å². The highest BCUT2D eigenvalue weighted by molar-refractivity contribution is 7.07. The highest BCUT2D eigenvalue weighted by Gasteiger charge is 2.21. The van der Waals surface area contributed by atoms with Crippen LogP contribution in [-0.2, 0) is 17.8 Å². The average Bonchev–Trinajstić information content (AvgIpc) is 3.39. The van der Waals surface area contributed by atoms with Crippen LogP contribution in [0.2, 0.25) is 0 Å². The van der Waals surface area contributed by atoms with Crippen molar-refractivity contribution in [3.8, 4) is 11.4 Å². The van der Waals surface area contributed by atoms with Gasteiger partial charge in [-0.25, -0.2) is 0 Å². The number of hydrogen-bond acceptors (Lipinski definition) is 6. The number of aryl methyl sites for hydroxylation is 1. The van der Waals surface area contributed by atoms with Gasteiger partial charge in [-0.3, -0.25) is 9.69 Å². The average molecular weight is 382 g/mol. The number of piperazine rings is 1. The number of thiophene rings is 1. The number of amides is 1. The molecule has 3 heterocycles. The summed E-state index contributed by atoms with van der Waals surface area (Å²) in [6.07, 6.45) is 0.884. The standard InChI is InChI=1S/C20H22N4O2S/c25-19(24-11-9-23(10-12-24)14-16-8-13-27-15-16)7-6-18-21-20(22-26-18)17-4-2-1-3-5-17/h1-5,8,13,15H,6-7,9-12,14H2.